The van der Waals surface area contributed by atoms with Gasteiger partial charge in [-0.3, -0.25) is 4.79 Å². The van der Waals surface area contributed by atoms with Gasteiger partial charge < -0.3 is 20.5 Å². The van der Waals surface area contributed by atoms with Crippen LogP contribution in [0.4, 0.5) is 8.78 Å². The Morgan fingerprint density at radius 3 is 2.64 bits per heavy atom. The minimum atomic E-state index is -2.95. The molecule has 0 aliphatic carbocycles. The second-order valence-electron chi connectivity index (χ2n) is 4.79. The summed E-state index contributed by atoms with van der Waals surface area (Å²) < 4.78 is 33.8. The molecular formula is C15H22F2N2O3. The van der Waals surface area contributed by atoms with Crippen LogP contribution in [-0.4, -0.2) is 32.2 Å². The molecule has 124 valence electrons. The predicted octanol–water partition coefficient (Wildman–Crippen LogP) is 2.54. The minimum absolute atomic E-state index is 0.0748. The Bertz CT molecular complexity index is 484. The highest BCUT2D eigenvalue weighted by Crippen LogP contribution is 2.29. The molecule has 0 spiro atoms. The van der Waals surface area contributed by atoms with E-state index in [2.05, 4.69) is 17.0 Å². The fourth-order valence-corrected chi connectivity index (χ4v) is 1.97. The fraction of sp³-hybridized carbons (Fsp3) is 0.533. The number of hydrogen-bond donors (Lipinski definition) is 2. The van der Waals surface area contributed by atoms with E-state index < -0.39 is 6.61 Å². The molecule has 0 radical (unpaired) electrons. The summed E-state index contributed by atoms with van der Waals surface area (Å²) in [7, 11) is 1.32. The van der Waals surface area contributed by atoms with Gasteiger partial charge in [0.25, 0.3) is 5.91 Å². The number of methoxy groups -OCH3 is 1. The third-order valence-corrected chi connectivity index (χ3v) is 3.17. The molecule has 3 N–H and O–H groups in total. The molecule has 0 saturated heterocycles. The Morgan fingerprint density at radius 1 is 1.36 bits per heavy atom. The zero-order chi connectivity index (χ0) is 16.5. The molecule has 22 heavy (non-hydrogen) atoms. The number of amides is 1. The molecule has 1 aromatic carbocycles. The number of hydrogen-bond acceptors (Lipinski definition) is 4. The number of nitrogens with one attached hydrogen (secondary N) is 1. The van der Waals surface area contributed by atoms with Crippen LogP contribution in [0.2, 0.25) is 0 Å². The van der Waals surface area contributed by atoms with E-state index in [1.165, 1.54) is 25.3 Å². The summed E-state index contributed by atoms with van der Waals surface area (Å²) in [4.78, 5) is 12.2. The first-order valence-corrected chi connectivity index (χ1v) is 7.15. The van der Waals surface area contributed by atoms with E-state index >= 15 is 0 Å². The van der Waals surface area contributed by atoms with Crippen LogP contribution in [0, 0.1) is 0 Å². The van der Waals surface area contributed by atoms with Crippen molar-refractivity contribution in [3.05, 3.63) is 23.8 Å². The molecule has 1 unspecified atom stereocenters. The average Bonchev–Trinajstić information content (AvgIpc) is 2.50. The number of alkyl halides is 2. The standard InChI is InChI=1S/C15H22F2N2O3/c1-3-4-5-11(9-18)19-14(20)10-6-7-12(22-15(16)17)13(8-10)21-2/h6-8,11,15H,3-5,9,18H2,1-2H3,(H,19,20). The van der Waals surface area contributed by atoms with Crippen LogP contribution >= 0.6 is 0 Å². The topological polar surface area (TPSA) is 73.6 Å². The van der Waals surface area contributed by atoms with Crippen LogP contribution in [0.25, 0.3) is 0 Å². The lowest BCUT2D eigenvalue weighted by atomic mass is 10.1. The van der Waals surface area contributed by atoms with Crippen molar-refractivity contribution in [3.63, 3.8) is 0 Å². The van der Waals surface area contributed by atoms with Crippen LogP contribution in [0.1, 0.15) is 36.5 Å². The van der Waals surface area contributed by atoms with Crippen molar-refractivity contribution in [1.82, 2.24) is 5.32 Å². The number of carbonyl (C=O) groups excluding carboxylic acids is 1. The smallest absolute Gasteiger partial charge is 0.387 e. The first kappa shape index (κ1) is 18.2. The van der Waals surface area contributed by atoms with Gasteiger partial charge in [-0.05, 0) is 24.6 Å². The van der Waals surface area contributed by atoms with Gasteiger partial charge >= 0.3 is 6.61 Å². The molecule has 0 aliphatic rings. The third-order valence-electron chi connectivity index (χ3n) is 3.17. The van der Waals surface area contributed by atoms with Crippen molar-refractivity contribution < 1.29 is 23.0 Å². The monoisotopic (exact) mass is 316 g/mol. The highest BCUT2D eigenvalue weighted by molar-refractivity contribution is 5.95. The molecule has 0 aliphatic heterocycles. The highest BCUT2D eigenvalue weighted by Gasteiger charge is 2.16. The maximum atomic E-state index is 12.3. The number of carbonyl (C=O) groups is 1. The Morgan fingerprint density at radius 2 is 2.09 bits per heavy atom. The first-order chi connectivity index (χ1) is 10.5. The molecule has 0 bridgehead atoms. The van der Waals surface area contributed by atoms with Crippen molar-refractivity contribution in [2.24, 2.45) is 5.73 Å². The summed E-state index contributed by atoms with van der Waals surface area (Å²) in [6.45, 7) is -0.554. The van der Waals surface area contributed by atoms with Crippen molar-refractivity contribution in [2.75, 3.05) is 13.7 Å². The van der Waals surface area contributed by atoms with Gasteiger partial charge in [0.05, 0.1) is 7.11 Å². The maximum absolute atomic E-state index is 12.3. The molecule has 0 heterocycles. The van der Waals surface area contributed by atoms with Crippen molar-refractivity contribution >= 4 is 5.91 Å². The predicted molar refractivity (Wildman–Crippen MR) is 79.5 cm³/mol. The molecule has 1 amide bonds. The summed E-state index contributed by atoms with van der Waals surface area (Å²) in [5, 5.41) is 2.82. The van der Waals surface area contributed by atoms with Crippen molar-refractivity contribution in [2.45, 2.75) is 38.8 Å². The SMILES string of the molecule is CCCCC(CN)NC(=O)c1ccc(OC(F)F)c(OC)c1. The van der Waals surface area contributed by atoms with Gasteiger partial charge in [-0.2, -0.15) is 8.78 Å². The van der Waals surface area contributed by atoms with Gasteiger partial charge in [0.2, 0.25) is 0 Å². The van der Waals surface area contributed by atoms with Crippen LogP contribution in [0.5, 0.6) is 11.5 Å². The summed E-state index contributed by atoms with van der Waals surface area (Å²) in [5.74, 6) is -0.366. The zero-order valence-corrected chi connectivity index (χ0v) is 12.8. The fourth-order valence-electron chi connectivity index (χ4n) is 1.97. The molecule has 0 fully saturated rings. The van der Waals surface area contributed by atoms with Crippen molar-refractivity contribution in [3.8, 4) is 11.5 Å². The van der Waals surface area contributed by atoms with Gasteiger partial charge in [0.15, 0.2) is 11.5 Å². The van der Waals surface area contributed by atoms with E-state index in [1.54, 1.807) is 0 Å². The van der Waals surface area contributed by atoms with Gasteiger partial charge in [-0.25, -0.2) is 0 Å². The molecule has 7 heteroatoms. The Kier molecular flexibility index (Phi) is 7.59. The van der Waals surface area contributed by atoms with Gasteiger partial charge in [-0.15, -0.1) is 0 Å². The molecule has 1 aromatic rings. The quantitative estimate of drug-likeness (QED) is 0.734. The molecule has 0 aromatic heterocycles. The highest BCUT2D eigenvalue weighted by atomic mass is 19.3. The van der Waals surface area contributed by atoms with Gasteiger partial charge in [-0.1, -0.05) is 19.8 Å². The summed E-state index contributed by atoms with van der Waals surface area (Å²) in [6.07, 6.45) is 2.77. The average molecular weight is 316 g/mol. The largest absolute Gasteiger partial charge is 0.493 e. The van der Waals surface area contributed by atoms with E-state index in [1.807, 2.05) is 0 Å². The Balaban J connectivity index is 2.80. The van der Waals surface area contributed by atoms with Gasteiger partial charge in [0, 0.05) is 18.2 Å². The summed E-state index contributed by atoms with van der Waals surface area (Å²) in [5.41, 5.74) is 5.93. The van der Waals surface area contributed by atoms with Gasteiger partial charge in [0.1, 0.15) is 0 Å². The Labute approximate surface area is 128 Å². The molecule has 1 rings (SSSR count). The summed E-state index contributed by atoms with van der Waals surface area (Å²) >= 11 is 0. The Hall–Kier alpha value is -1.89. The second-order valence-corrected chi connectivity index (χ2v) is 4.79. The summed E-state index contributed by atoms with van der Waals surface area (Å²) in [6, 6.07) is 3.93. The molecule has 5 nitrogen and oxygen atoms in total. The number of benzene rings is 1. The number of ether oxygens (including phenoxy) is 2. The normalized spacial score (nSPS) is 12.1. The lowest BCUT2D eigenvalue weighted by molar-refractivity contribution is -0.0512. The van der Waals surface area contributed by atoms with Crippen LogP contribution in [0.3, 0.4) is 0 Å². The maximum Gasteiger partial charge on any atom is 0.387 e. The number of rotatable bonds is 9. The molecule has 0 saturated carbocycles. The molecular weight excluding hydrogens is 294 g/mol. The zero-order valence-electron chi connectivity index (χ0n) is 12.8. The number of unbranched alkanes of at least 4 members (excludes halogenated alkanes) is 1. The van der Waals surface area contributed by atoms with Crippen molar-refractivity contribution in [1.29, 1.82) is 0 Å². The lowest BCUT2D eigenvalue weighted by Crippen LogP contribution is -2.40. The van der Waals surface area contributed by atoms with Crippen LogP contribution in [0.15, 0.2) is 18.2 Å². The van der Waals surface area contributed by atoms with E-state index in [0.29, 0.717) is 12.1 Å². The lowest BCUT2D eigenvalue weighted by Gasteiger charge is -2.17. The minimum Gasteiger partial charge on any atom is -0.493 e. The van der Waals surface area contributed by atoms with E-state index in [4.69, 9.17) is 10.5 Å². The second kappa shape index (κ2) is 9.19. The first-order valence-electron chi connectivity index (χ1n) is 7.15. The van der Waals surface area contributed by atoms with E-state index in [0.717, 1.165) is 19.3 Å². The number of halogens is 2. The van der Waals surface area contributed by atoms with E-state index in [9.17, 15) is 13.6 Å². The van der Waals surface area contributed by atoms with Crippen LogP contribution in [-0.2, 0) is 0 Å². The third kappa shape index (κ3) is 5.48. The van der Waals surface area contributed by atoms with Crippen LogP contribution < -0.4 is 20.5 Å². The molecule has 1 atom stereocenters. The van der Waals surface area contributed by atoms with E-state index in [-0.39, 0.29) is 23.4 Å². The number of nitrogens with two attached hydrogens (primary N) is 1.